The van der Waals surface area contributed by atoms with Gasteiger partial charge in [-0.25, -0.2) is 0 Å². The second kappa shape index (κ2) is 6.13. The third-order valence-electron chi connectivity index (χ3n) is 2.61. The number of hydrogen-bond donors (Lipinski definition) is 0. The largest absolute Gasteiger partial charge is 1.00 e. The van der Waals surface area contributed by atoms with Gasteiger partial charge in [-0.05, 0) is 19.6 Å². The van der Waals surface area contributed by atoms with Gasteiger partial charge in [-0.2, -0.15) is 0 Å². The van der Waals surface area contributed by atoms with Crippen LogP contribution in [0.2, 0.25) is 5.82 Å². The monoisotopic (exact) mass is 219 g/mol. The molecular formula is C7H14BF3KN. The first-order valence-electron chi connectivity index (χ1n) is 4.46. The number of likely N-dealkylation sites (tertiary alicyclic amines) is 1. The molecule has 0 N–H and O–H groups in total. The summed E-state index contributed by atoms with van der Waals surface area (Å²) in [6.07, 6.45) is 0.606. The quantitative estimate of drug-likeness (QED) is 0.556. The third kappa shape index (κ3) is 4.66. The van der Waals surface area contributed by atoms with E-state index in [1.54, 1.807) is 0 Å². The van der Waals surface area contributed by atoms with E-state index in [9.17, 15) is 12.9 Å². The summed E-state index contributed by atoms with van der Waals surface area (Å²) in [4.78, 5) is 2.07. The number of rotatable bonds is 2. The summed E-state index contributed by atoms with van der Waals surface area (Å²) in [6.45, 7) is -0.496. The average Bonchev–Trinajstić information content (AvgIpc) is 2.03. The fraction of sp³-hybridized carbons (Fsp3) is 1.00. The van der Waals surface area contributed by atoms with Gasteiger partial charge in [-0.1, -0.05) is 25.6 Å². The molecule has 1 nitrogen and oxygen atoms in total. The Balaban J connectivity index is 0.00000144. The molecule has 1 heterocycles. The van der Waals surface area contributed by atoms with Crippen LogP contribution in [0.4, 0.5) is 12.9 Å². The predicted octanol–water partition coefficient (Wildman–Crippen LogP) is -0.676. The normalized spacial score (nSPS) is 21.2. The SMILES string of the molecule is CCN1CCC([B-](F)(F)F)CC1.[K+]. The maximum absolute atomic E-state index is 12.2. The van der Waals surface area contributed by atoms with E-state index >= 15 is 0 Å². The van der Waals surface area contributed by atoms with Crippen LogP contribution in [0.5, 0.6) is 0 Å². The number of nitrogens with zero attached hydrogens (tertiary/aromatic N) is 1. The molecule has 0 aromatic carbocycles. The van der Waals surface area contributed by atoms with E-state index in [1.807, 2.05) is 6.92 Å². The van der Waals surface area contributed by atoms with E-state index < -0.39 is 12.8 Å². The van der Waals surface area contributed by atoms with Crippen LogP contribution in [0.25, 0.3) is 0 Å². The maximum Gasteiger partial charge on any atom is 1.00 e. The van der Waals surface area contributed by atoms with Gasteiger partial charge in [0.2, 0.25) is 0 Å². The molecule has 1 fully saturated rings. The molecule has 0 aromatic rings. The molecule has 0 aliphatic carbocycles. The molecule has 0 bridgehead atoms. The number of piperidine rings is 1. The van der Waals surface area contributed by atoms with E-state index in [1.165, 1.54) is 0 Å². The fourth-order valence-electron chi connectivity index (χ4n) is 1.65. The van der Waals surface area contributed by atoms with Crippen molar-refractivity contribution < 1.29 is 64.3 Å². The predicted molar refractivity (Wildman–Crippen MR) is 44.2 cm³/mol. The van der Waals surface area contributed by atoms with Crippen LogP contribution >= 0.6 is 0 Å². The summed E-state index contributed by atoms with van der Waals surface area (Å²) in [6, 6.07) is 0. The zero-order valence-electron chi connectivity index (χ0n) is 8.27. The van der Waals surface area contributed by atoms with Crippen molar-refractivity contribution in [1.29, 1.82) is 0 Å². The van der Waals surface area contributed by atoms with Crippen LogP contribution in [0.15, 0.2) is 0 Å². The molecule has 6 heteroatoms. The van der Waals surface area contributed by atoms with Gasteiger partial charge < -0.3 is 17.8 Å². The second-order valence-electron chi connectivity index (χ2n) is 3.40. The van der Waals surface area contributed by atoms with Crippen LogP contribution in [-0.2, 0) is 0 Å². The van der Waals surface area contributed by atoms with E-state index in [4.69, 9.17) is 0 Å². The van der Waals surface area contributed by atoms with Gasteiger partial charge in [0.05, 0.1) is 0 Å². The van der Waals surface area contributed by atoms with Gasteiger partial charge >= 0.3 is 58.4 Å². The smallest absolute Gasteiger partial charge is 0.449 e. The van der Waals surface area contributed by atoms with Gasteiger partial charge in [-0.3, -0.25) is 0 Å². The van der Waals surface area contributed by atoms with Crippen LogP contribution in [0, 0.1) is 0 Å². The van der Waals surface area contributed by atoms with Crippen molar-refractivity contribution in [2.45, 2.75) is 25.6 Å². The minimum Gasteiger partial charge on any atom is -0.449 e. The molecule has 1 aliphatic rings. The Hall–Kier alpha value is 1.45. The summed E-state index contributed by atoms with van der Waals surface area (Å²) in [5, 5.41) is 0. The third-order valence-corrected chi connectivity index (χ3v) is 2.61. The Morgan fingerprint density at radius 3 is 2.00 bits per heavy atom. The van der Waals surface area contributed by atoms with Crippen LogP contribution in [0.3, 0.4) is 0 Å². The van der Waals surface area contributed by atoms with E-state index in [0.29, 0.717) is 25.9 Å². The summed E-state index contributed by atoms with van der Waals surface area (Å²) in [7, 11) is 0. The van der Waals surface area contributed by atoms with E-state index in [2.05, 4.69) is 4.90 Å². The van der Waals surface area contributed by atoms with Crippen molar-refractivity contribution in [3.8, 4) is 0 Å². The first-order chi connectivity index (χ1) is 5.54. The van der Waals surface area contributed by atoms with Crippen molar-refractivity contribution >= 4 is 6.98 Å². The standard InChI is InChI=1S/C7H14BF3N.K/c1-2-12-5-3-7(4-6-12)8(9,10)11;/h7H,2-6H2,1H3;/q-1;+1. The van der Waals surface area contributed by atoms with Gasteiger partial charge in [0.25, 0.3) is 0 Å². The minimum absolute atomic E-state index is 0. The van der Waals surface area contributed by atoms with Crippen LogP contribution in [0.1, 0.15) is 19.8 Å². The molecule has 0 radical (unpaired) electrons. The molecule has 1 rings (SSSR count). The maximum atomic E-state index is 12.2. The Morgan fingerprint density at radius 1 is 1.23 bits per heavy atom. The van der Waals surface area contributed by atoms with Gasteiger partial charge in [0, 0.05) is 0 Å². The first kappa shape index (κ1) is 14.5. The molecule has 0 aromatic heterocycles. The number of hydrogen-bond acceptors (Lipinski definition) is 1. The summed E-state index contributed by atoms with van der Waals surface area (Å²) in [5.41, 5.74) is 0. The van der Waals surface area contributed by atoms with Gasteiger partial charge in [-0.15, -0.1) is 0 Å². The minimum atomic E-state index is -4.58. The Kier molecular flexibility index (Phi) is 6.81. The molecule has 0 atom stereocenters. The van der Waals surface area contributed by atoms with E-state index in [-0.39, 0.29) is 51.4 Å². The van der Waals surface area contributed by atoms with Crippen molar-refractivity contribution in [3.63, 3.8) is 0 Å². The van der Waals surface area contributed by atoms with E-state index in [0.717, 1.165) is 6.54 Å². The number of halogens is 3. The van der Waals surface area contributed by atoms with Crippen LogP contribution in [-0.4, -0.2) is 31.5 Å². The molecule has 0 amide bonds. The second-order valence-corrected chi connectivity index (χ2v) is 3.40. The Labute approximate surface area is 120 Å². The zero-order chi connectivity index (χ0) is 9.19. The molecule has 0 unspecified atom stereocenters. The summed E-state index contributed by atoms with van der Waals surface area (Å²) >= 11 is 0. The molecule has 72 valence electrons. The average molecular weight is 219 g/mol. The molecule has 0 saturated carbocycles. The molecule has 13 heavy (non-hydrogen) atoms. The fourth-order valence-corrected chi connectivity index (χ4v) is 1.65. The molecule has 1 saturated heterocycles. The van der Waals surface area contributed by atoms with Crippen molar-refractivity contribution in [1.82, 2.24) is 4.90 Å². The van der Waals surface area contributed by atoms with Gasteiger partial charge in [0.15, 0.2) is 0 Å². The summed E-state index contributed by atoms with van der Waals surface area (Å²) in [5.74, 6) is -0.993. The molecule has 0 spiro atoms. The first-order valence-corrected chi connectivity index (χ1v) is 4.46. The Morgan fingerprint density at radius 2 is 1.69 bits per heavy atom. The Bertz CT molecular complexity index is 145. The molecular weight excluding hydrogens is 205 g/mol. The van der Waals surface area contributed by atoms with Crippen LogP contribution < -0.4 is 51.4 Å². The van der Waals surface area contributed by atoms with Crippen molar-refractivity contribution in [2.75, 3.05) is 19.6 Å². The molecule has 1 aliphatic heterocycles. The zero-order valence-corrected chi connectivity index (χ0v) is 11.4. The topological polar surface area (TPSA) is 3.24 Å². The van der Waals surface area contributed by atoms with Crippen molar-refractivity contribution in [3.05, 3.63) is 0 Å². The van der Waals surface area contributed by atoms with Crippen molar-refractivity contribution in [2.24, 2.45) is 0 Å². The summed E-state index contributed by atoms with van der Waals surface area (Å²) < 4.78 is 36.6. The van der Waals surface area contributed by atoms with Gasteiger partial charge in [0.1, 0.15) is 0 Å².